The zero-order valence-electron chi connectivity index (χ0n) is 9.83. The third kappa shape index (κ3) is 5.76. The van der Waals surface area contributed by atoms with Crippen molar-refractivity contribution in [3.8, 4) is 0 Å². The van der Waals surface area contributed by atoms with Gasteiger partial charge in [0.15, 0.2) is 6.29 Å². The van der Waals surface area contributed by atoms with Crippen molar-refractivity contribution in [1.82, 2.24) is 5.32 Å². The zero-order chi connectivity index (χ0) is 10.9. The fraction of sp³-hybridized carbons (Fsp3) is 1.00. The summed E-state index contributed by atoms with van der Waals surface area (Å²) < 4.78 is 10.9. The molecule has 1 rings (SSSR count). The van der Waals surface area contributed by atoms with Crippen LogP contribution in [0.2, 0.25) is 0 Å². The van der Waals surface area contributed by atoms with Crippen LogP contribution in [0.5, 0.6) is 0 Å². The molecular weight excluding hydrogens is 210 g/mol. The Kier molecular flexibility index (Phi) is 7.44. The molecule has 1 saturated heterocycles. The third-order valence-corrected chi connectivity index (χ3v) is 3.81. The minimum atomic E-state index is -0.0774. The molecule has 1 aliphatic heterocycles. The second-order valence-corrected chi connectivity index (χ2v) is 5.04. The summed E-state index contributed by atoms with van der Waals surface area (Å²) >= 11 is 2.08. The maximum atomic E-state index is 5.46. The number of nitrogens with one attached hydrogen (secondary N) is 1. The predicted octanol–water partition coefficient (Wildman–Crippen LogP) is 1.87. The van der Waals surface area contributed by atoms with Crippen LogP contribution in [-0.2, 0) is 9.47 Å². The molecule has 1 fully saturated rings. The molecule has 0 aromatic heterocycles. The smallest absolute Gasteiger partial charge is 0.169 e. The van der Waals surface area contributed by atoms with E-state index in [0.717, 1.165) is 18.3 Å². The first kappa shape index (κ1) is 13.3. The first-order valence-electron chi connectivity index (χ1n) is 5.92. The van der Waals surface area contributed by atoms with Crippen LogP contribution in [0.3, 0.4) is 0 Å². The topological polar surface area (TPSA) is 30.5 Å². The van der Waals surface area contributed by atoms with Gasteiger partial charge in [-0.05, 0) is 32.4 Å². The molecule has 0 aromatic rings. The Morgan fingerprint density at radius 2 is 2.07 bits per heavy atom. The molecule has 0 radical (unpaired) electrons. The molecule has 0 bridgehead atoms. The molecule has 0 amide bonds. The van der Waals surface area contributed by atoms with Gasteiger partial charge >= 0.3 is 0 Å². The highest BCUT2D eigenvalue weighted by atomic mass is 32.2. The van der Waals surface area contributed by atoms with E-state index in [1.165, 1.54) is 18.6 Å². The molecule has 1 unspecified atom stereocenters. The normalized spacial score (nSPS) is 21.4. The standard InChI is InChI=1S/C11H23NO2S/c1-3-13-11(14-4-2)9-12-8-10-6-5-7-15-10/h10-12H,3-9H2,1-2H3. The van der Waals surface area contributed by atoms with E-state index in [4.69, 9.17) is 9.47 Å². The number of ether oxygens (including phenoxy) is 2. The van der Waals surface area contributed by atoms with Gasteiger partial charge in [0, 0.05) is 31.6 Å². The first-order valence-corrected chi connectivity index (χ1v) is 6.97. The quantitative estimate of drug-likeness (QED) is 0.648. The van der Waals surface area contributed by atoms with Crippen LogP contribution < -0.4 is 5.32 Å². The highest BCUT2D eigenvalue weighted by Crippen LogP contribution is 2.25. The van der Waals surface area contributed by atoms with E-state index in [1.54, 1.807) is 0 Å². The summed E-state index contributed by atoms with van der Waals surface area (Å²) in [5, 5.41) is 4.23. The molecule has 1 atom stereocenters. The van der Waals surface area contributed by atoms with Gasteiger partial charge in [-0.1, -0.05) is 0 Å². The van der Waals surface area contributed by atoms with E-state index in [1.807, 2.05) is 13.8 Å². The molecule has 1 aliphatic rings. The van der Waals surface area contributed by atoms with Gasteiger partial charge < -0.3 is 14.8 Å². The van der Waals surface area contributed by atoms with Crippen molar-refractivity contribution < 1.29 is 9.47 Å². The highest BCUT2D eigenvalue weighted by molar-refractivity contribution is 8.00. The molecule has 4 heteroatoms. The van der Waals surface area contributed by atoms with Crippen molar-refractivity contribution in [1.29, 1.82) is 0 Å². The summed E-state index contributed by atoms with van der Waals surface area (Å²) in [6.07, 6.45) is 2.65. The minimum absolute atomic E-state index is 0.0774. The van der Waals surface area contributed by atoms with Crippen molar-refractivity contribution in [3.63, 3.8) is 0 Å². The van der Waals surface area contributed by atoms with Crippen molar-refractivity contribution >= 4 is 11.8 Å². The first-order chi connectivity index (χ1) is 7.36. The zero-order valence-corrected chi connectivity index (χ0v) is 10.6. The lowest BCUT2D eigenvalue weighted by molar-refractivity contribution is -0.132. The highest BCUT2D eigenvalue weighted by Gasteiger charge is 2.15. The van der Waals surface area contributed by atoms with Gasteiger partial charge in [-0.15, -0.1) is 0 Å². The van der Waals surface area contributed by atoms with Crippen LogP contribution in [0.25, 0.3) is 0 Å². The van der Waals surface area contributed by atoms with Crippen LogP contribution in [0.1, 0.15) is 26.7 Å². The van der Waals surface area contributed by atoms with Crippen LogP contribution in [0.15, 0.2) is 0 Å². The van der Waals surface area contributed by atoms with Crippen molar-refractivity contribution in [2.24, 2.45) is 0 Å². The Balaban J connectivity index is 2.04. The van der Waals surface area contributed by atoms with E-state index in [9.17, 15) is 0 Å². The summed E-state index contributed by atoms with van der Waals surface area (Å²) in [5.41, 5.74) is 0. The predicted molar refractivity (Wildman–Crippen MR) is 65.4 cm³/mol. The van der Waals surface area contributed by atoms with Crippen LogP contribution in [0.4, 0.5) is 0 Å². The average molecular weight is 233 g/mol. The molecule has 1 heterocycles. The lowest BCUT2D eigenvalue weighted by Crippen LogP contribution is -2.34. The van der Waals surface area contributed by atoms with E-state index in [2.05, 4.69) is 17.1 Å². The number of thioether (sulfide) groups is 1. The maximum absolute atomic E-state index is 5.46. The fourth-order valence-corrected chi connectivity index (χ4v) is 2.94. The summed E-state index contributed by atoms with van der Waals surface area (Å²) in [5.74, 6) is 1.33. The molecule has 3 nitrogen and oxygen atoms in total. The van der Waals surface area contributed by atoms with Crippen molar-refractivity contribution in [2.75, 3.05) is 32.1 Å². The molecule has 0 spiro atoms. The van der Waals surface area contributed by atoms with E-state index in [0.29, 0.717) is 13.2 Å². The second kappa shape index (κ2) is 8.39. The maximum Gasteiger partial charge on any atom is 0.169 e. The summed E-state index contributed by atoms with van der Waals surface area (Å²) in [6.45, 7) is 7.31. The summed E-state index contributed by atoms with van der Waals surface area (Å²) in [7, 11) is 0. The van der Waals surface area contributed by atoms with Gasteiger partial charge in [-0.3, -0.25) is 0 Å². The van der Waals surface area contributed by atoms with E-state index < -0.39 is 0 Å². The third-order valence-electron chi connectivity index (χ3n) is 2.41. The van der Waals surface area contributed by atoms with Gasteiger partial charge in [0.2, 0.25) is 0 Å². The SMILES string of the molecule is CCOC(CNCC1CCCS1)OCC. The van der Waals surface area contributed by atoms with Crippen LogP contribution in [-0.4, -0.2) is 43.6 Å². The monoisotopic (exact) mass is 233 g/mol. The van der Waals surface area contributed by atoms with Gasteiger partial charge in [0.25, 0.3) is 0 Å². The molecule has 15 heavy (non-hydrogen) atoms. The van der Waals surface area contributed by atoms with E-state index in [-0.39, 0.29) is 6.29 Å². The Labute approximate surface area is 97.3 Å². The lowest BCUT2D eigenvalue weighted by Gasteiger charge is -2.18. The Morgan fingerprint density at radius 1 is 1.33 bits per heavy atom. The van der Waals surface area contributed by atoms with Gasteiger partial charge in [-0.2, -0.15) is 11.8 Å². The van der Waals surface area contributed by atoms with Gasteiger partial charge in [0.1, 0.15) is 0 Å². The molecular formula is C11H23NO2S. The van der Waals surface area contributed by atoms with Crippen molar-refractivity contribution in [3.05, 3.63) is 0 Å². The van der Waals surface area contributed by atoms with Crippen molar-refractivity contribution in [2.45, 2.75) is 38.2 Å². The Hall–Kier alpha value is 0.230. The van der Waals surface area contributed by atoms with Crippen LogP contribution >= 0.6 is 11.8 Å². The molecule has 0 saturated carbocycles. The second-order valence-electron chi connectivity index (χ2n) is 3.63. The molecule has 0 aromatic carbocycles. The largest absolute Gasteiger partial charge is 0.352 e. The summed E-state index contributed by atoms with van der Waals surface area (Å²) in [4.78, 5) is 0. The van der Waals surface area contributed by atoms with Gasteiger partial charge in [0.05, 0.1) is 0 Å². The number of hydrogen-bond donors (Lipinski definition) is 1. The Morgan fingerprint density at radius 3 is 2.60 bits per heavy atom. The van der Waals surface area contributed by atoms with Gasteiger partial charge in [-0.25, -0.2) is 0 Å². The minimum Gasteiger partial charge on any atom is -0.352 e. The Bertz CT molecular complexity index is 146. The summed E-state index contributed by atoms with van der Waals surface area (Å²) in [6, 6.07) is 0. The average Bonchev–Trinajstić information content (AvgIpc) is 2.71. The molecule has 0 aliphatic carbocycles. The fourth-order valence-electron chi connectivity index (χ4n) is 1.71. The van der Waals surface area contributed by atoms with E-state index >= 15 is 0 Å². The number of hydrogen-bond acceptors (Lipinski definition) is 4. The number of rotatable bonds is 8. The lowest BCUT2D eigenvalue weighted by atomic mass is 10.2. The molecule has 90 valence electrons. The molecule has 1 N–H and O–H groups in total. The van der Waals surface area contributed by atoms with Crippen LogP contribution in [0, 0.1) is 0 Å².